The van der Waals surface area contributed by atoms with Gasteiger partial charge in [0.05, 0.1) is 25.1 Å². The summed E-state index contributed by atoms with van der Waals surface area (Å²) in [7, 11) is 0. The van der Waals surface area contributed by atoms with Crippen LogP contribution in [0.1, 0.15) is 46.1 Å². The van der Waals surface area contributed by atoms with Crippen molar-refractivity contribution < 1.29 is 23.9 Å². The lowest BCUT2D eigenvalue weighted by Crippen LogP contribution is -2.51. The van der Waals surface area contributed by atoms with Gasteiger partial charge in [-0.05, 0) is 39.7 Å². The molecule has 2 rings (SSSR count). The van der Waals surface area contributed by atoms with Crippen molar-refractivity contribution in [2.75, 3.05) is 13.2 Å². The van der Waals surface area contributed by atoms with Gasteiger partial charge in [-0.25, -0.2) is 9.59 Å². The normalized spacial score (nSPS) is 18.8. The third-order valence-electron chi connectivity index (χ3n) is 4.48. The van der Waals surface area contributed by atoms with E-state index in [0.29, 0.717) is 19.5 Å². The number of hydrogen-bond acceptors (Lipinski definition) is 5. The number of hydrogen-bond donors (Lipinski definition) is 2. The highest BCUT2D eigenvalue weighted by molar-refractivity contribution is 5.77. The van der Waals surface area contributed by atoms with Crippen molar-refractivity contribution in [3.63, 3.8) is 0 Å². The van der Waals surface area contributed by atoms with E-state index in [0.717, 1.165) is 5.56 Å². The fourth-order valence-electron chi connectivity index (χ4n) is 3.25. The Hall–Kier alpha value is -2.77. The first-order valence-electron chi connectivity index (χ1n) is 9.93. The van der Waals surface area contributed by atoms with E-state index in [1.165, 1.54) is 0 Å². The SMILES string of the molecule is CCOC(=O)C[C@H]1[C@@H](NC(=O)OC(C)(C)C)CCN1C(=O)NCc1ccccc1. The lowest BCUT2D eigenvalue weighted by Gasteiger charge is -2.29. The average molecular weight is 405 g/mol. The molecule has 1 saturated heterocycles. The van der Waals surface area contributed by atoms with E-state index >= 15 is 0 Å². The third kappa shape index (κ3) is 7.29. The number of amides is 3. The first kappa shape index (κ1) is 22.5. The summed E-state index contributed by atoms with van der Waals surface area (Å²) >= 11 is 0. The summed E-state index contributed by atoms with van der Waals surface area (Å²) in [6.07, 6.45) is -0.0299. The Bertz CT molecular complexity index is 702. The Morgan fingerprint density at radius 3 is 2.48 bits per heavy atom. The number of urea groups is 1. The number of likely N-dealkylation sites (tertiary alicyclic amines) is 1. The van der Waals surface area contributed by atoms with E-state index < -0.39 is 29.7 Å². The molecule has 2 atom stereocenters. The van der Waals surface area contributed by atoms with Crippen LogP contribution in [0, 0.1) is 0 Å². The predicted molar refractivity (Wildman–Crippen MR) is 108 cm³/mol. The van der Waals surface area contributed by atoms with Gasteiger partial charge in [-0.2, -0.15) is 0 Å². The lowest BCUT2D eigenvalue weighted by molar-refractivity contribution is -0.144. The summed E-state index contributed by atoms with van der Waals surface area (Å²) < 4.78 is 10.4. The number of carbonyl (C=O) groups excluding carboxylic acids is 3. The molecule has 1 aliphatic heterocycles. The molecule has 8 nitrogen and oxygen atoms in total. The zero-order valence-electron chi connectivity index (χ0n) is 17.6. The topological polar surface area (TPSA) is 97.0 Å². The molecule has 29 heavy (non-hydrogen) atoms. The number of esters is 1. The van der Waals surface area contributed by atoms with Gasteiger partial charge in [0.1, 0.15) is 5.60 Å². The number of carbonyl (C=O) groups is 3. The van der Waals surface area contributed by atoms with Crippen LogP contribution in [0.25, 0.3) is 0 Å². The maximum Gasteiger partial charge on any atom is 0.407 e. The number of nitrogens with one attached hydrogen (secondary N) is 2. The van der Waals surface area contributed by atoms with Crippen molar-refractivity contribution in [3.05, 3.63) is 35.9 Å². The molecular weight excluding hydrogens is 374 g/mol. The molecule has 0 unspecified atom stereocenters. The van der Waals surface area contributed by atoms with E-state index in [-0.39, 0.29) is 19.1 Å². The highest BCUT2D eigenvalue weighted by Crippen LogP contribution is 2.22. The van der Waals surface area contributed by atoms with E-state index in [1.807, 2.05) is 30.3 Å². The Balaban J connectivity index is 2.03. The fourth-order valence-corrected chi connectivity index (χ4v) is 3.25. The largest absolute Gasteiger partial charge is 0.466 e. The Morgan fingerprint density at radius 2 is 1.86 bits per heavy atom. The standard InChI is InChI=1S/C21H31N3O5/c1-5-28-18(25)13-17-16(23-20(27)29-21(2,3)4)11-12-24(17)19(26)22-14-15-9-7-6-8-10-15/h6-10,16-17H,5,11-14H2,1-4H3,(H,22,26)(H,23,27)/t16-,17-/m0/s1. The van der Waals surface area contributed by atoms with E-state index in [2.05, 4.69) is 10.6 Å². The van der Waals surface area contributed by atoms with Crippen molar-refractivity contribution in [3.8, 4) is 0 Å². The molecule has 0 aliphatic carbocycles. The second-order valence-corrected chi connectivity index (χ2v) is 7.96. The monoisotopic (exact) mass is 405 g/mol. The summed E-state index contributed by atoms with van der Waals surface area (Å²) in [4.78, 5) is 38.6. The molecule has 0 aromatic heterocycles. The van der Waals surface area contributed by atoms with Gasteiger partial charge in [-0.3, -0.25) is 4.79 Å². The second-order valence-electron chi connectivity index (χ2n) is 7.96. The van der Waals surface area contributed by atoms with Crippen molar-refractivity contribution in [2.24, 2.45) is 0 Å². The molecule has 0 bridgehead atoms. The van der Waals surface area contributed by atoms with E-state index in [1.54, 1.807) is 32.6 Å². The molecule has 2 N–H and O–H groups in total. The first-order valence-corrected chi connectivity index (χ1v) is 9.93. The van der Waals surface area contributed by atoms with Crippen molar-refractivity contribution >= 4 is 18.1 Å². The van der Waals surface area contributed by atoms with Gasteiger partial charge in [0.25, 0.3) is 0 Å². The van der Waals surface area contributed by atoms with Crippen LogP contribution in [0.5, 0.6) is 0 Å². The quantitative estimate of drug-likeness (QED) is 0.710. The van der Waals surface area contributed by atoms with Crippen LogP contribution in [-0.2, 0) is 20.8 Å². The fraction of sp³-hybridized carbons (Fsp3) is 0.571. The number of benzene rings is 1. The van der Waals surface area contributed by atoms with Gasteiger partial charge in [0.2, 0.25) is 0 Å². The Morgan fingerprint density at radius 1 is 1.17 bits per heavy atom. The van der Waals surface area contributed by atoms with Crippen LogP contribution in [-0.4, -0.2) is 53.8 Å². The number of rotatable bonds is 6. The molecule has 3 amide bonds. The maximum atomic E-state index is 12.7. The molecule has 1 aliphatic rings. The van der Waals surface area contributed by atoms with Crippen LogP contribution >= 0.6 is 0 Å². The van der Waals surface area contributed by atoms with Crippen LogP contribution in [0.3, 0.4) is 0 Å². The number of nitrogens with zero attached hydrogens (tertiary/aromatic N) is 1. The Kier molecular flexibility index (Phi) is 7.87. The zero-order chi connectivity index (χ0) is 21.4. The predicted octanol–water partition coefficient (Wildman–Crippen LogP) is 2.82. The molecule has 1 heterocycles. The summed E-state index contributed by atoms with van der Waals surface area (Å²) in [5.41, 5.74) is 0.344. The maximum absolute atomic E-state index is 12.7. The Labute approximate surface area is 171 Å². The number of alkyl carbamates (subject to hydrolysis) is 1. The van der Waals surface area contributed by atoms with Crippen LogP contribution in [0.2, 0.25) is 0 Å². The third-order valence-corrected chi connectivity index (χ3v) is 4.48. The molecular formula is C21H31N3O5. The molecule has 0 spiro atoms. The summed E-state index contributed by atoms with van der Waals surface area (Å²) in [5.74, 6) is -0.406. The molecule has 0 saturated carbocycles. The molecule has 1 fully saturated rings. The van der Waals surface area contributed by atoms with Crippen molar-refractivity contribution in [1.82, 2.24) is 15.5 Å². The van der Waals surface area contributed by atoms with Gasteiger partial charge in [0.15, 0.2) is 0 Å². The van der Waals surface area contributed by atoms with Crippen LogP contribution in [0.15, 0.2) is 30.3 Å². The molecule has 1 aromatic carbocycles. The van der Waals surface area contributed by atoms with Gasteiger partial charge in [0, 0.05) is 13.1 Å². The van der Waals surface area contributed by atoms with Crippen LogP contribution in [0.4, 0.5) is 9.59 Å². The molecule has 160 valence electrons. The molecule has 8 heteroatoms. The second kappa shape index (κ2) is 10.1. The summed E-state index contributed by atoms with van der Waals surface area (Å²) in [6.45, 7) is 8.13. The van der Waals surface area contributed by atoms with Gasteiger partial charge in [-0.15, -0.1) is 0 Å². The van der Waals surface area contributed by atoms with Gasteiger partial charge < -0.3 is 25.0 Å². The minimum atomic E-state index is -0.633. The smallest absolute Gasteiger partial charge is 0.407 e. The van der Waals surface area contributed by atoms with E-state index in [9.17, 15) is 14.4 Å². The first-order chi connectivity index (χ1) is 13.7. The highest BCUT2D eigenvalue weighted by Gasteiger charge is 2.40. The molecule has 0 radical (unpaired) electrons. The summed E-state index contributed by atoms with van der Waals surface area (Å²) in [5, 5.41) is 5.68. The zero-order valence-corrected chi connectivity index (χ0v) is 17.6. The summed E-state index contributed by atoms with van der Waals surface area (Å²) in [6, 6.07) is 8.39. The lowest BCUT2D eigenvalue weighted by atomic mass is 10.1. The van der Waals surface area contributed by atoms with Crippen LogP contribution < -0.4 is 10.6 Å². The highest BCUT2D eigenvalue weighted by atomic mass is 16.6. The minimum absolute atomic E-state index is 0.00701. The molecule has 1 aromatic rings. The van der Waals surface area contributed by atoms with Crippen molar-refractivity contribution in [1.29, 1.82) is 0 Å². The van der Waals surface area contributed by atoms with E-state index in [4.69, 9.17) is 9.47 Å². The number of ether oxygens (including phenoxy) is 2. The minimum Gasteiger partial charge on any atom is -0.466 e. The van der Waals surface area contributed by atoms with Crippen molar-refractivity contribution in [2.45, 2.75) is 64.8 Å². The van der Waals surface area contributed by atoms with Gasteiger partial charge in [-0.1, -0.05) is 30.3 Å². The van der Waals surface area contributed by atoms with Gasteiger partial charge >= 0.3 is 18.1 Å². The average Bonchev–Trinajstić information content (AvgIpc) is 3.01.